The molecule has 2 aromatic carbocycles. The first-order chi connectivity index (χ1) is 9.83. The molecule has 0 aliphatic carbocycles. The highest BCUT2D eigenvalue weighted by Gasteiger charge is 2.18. The van der Waals surface area contributed by atoms with E-state index in [0.29, 0.717) is 5.56 Å². The van der Waals surface area contributed by atoms with Crippen LogP contribution in [0.4, 0.5) is 10.1 Å². The molecule has 21 heavy (non-hydrogen) atoms. The summed E-state index contributed by atoms with van der Waals surface area (Å²) in [5, 5.41) is 0.0676. The van der Waals surface area contributed by atoms with Gasteiger partial charge in [-0.25, -0.2) is 12.8 Å². The molecule has 4 nitrogen and oxygen atoms in total. The van der Waals surface area contributed by atoms with Crippen LogP contribution < -0.4 is 10.5 Å². The van der Waals surface area contributed by atoms with E-state index in [1.54, 1.807) is 13.0 Å². The quantitative estimate of drug-likeness (QED) is 0.906. The Morgan fingerprint density at radius 2 is 1.95 bits per heavy atom. The van der Waals surface area contributed by atoms with Crippen molar-refractivity contribution in [3.05, 3.63) is 58.4 Å². The van der Waals surface area contributed by atoms with Gasteiger partial charge in [-0.2, -0.15) is 0 Å². The van der Waals surface area contributed by atoms with Gasteiger partial charge in [0.15, 0.2) is 0 Å². The van der Waals surface area contributed by atoms with E-state index in [1.807, 2.05) is 0 Å². The van der Waals surface area contributed by atoms with Crippen LogP contribution in [0.3, 0.4) is 0 Å². The van der Waals surface area contributed by atoms with Gasteiger partial charge in [-0.15, -0.1) is 0 Å². The van der Waals surface area contributed by atoms with Crippen LogP contribution in [0.15, 0.2) is 41.3 Å². The molecule has 2 aromatic rings. The lowest BCUT2D eigenvalue weighted by Gasteiger charge is -2.11. The highest BCUT2D eigenvalue weighted by atomic mass is 35.5. The molecule has 0 amide bonds. The maximum absolute atomic E-state index is 13.5. The van der Waals surface area contributed by atoms with Gasteiger partial charge in [-0.1, -0.05) is 23.7 Å². The van der Waals surface area contributed by atoms with E-state index < -0.39 is 15.8 Å². The Morgan fingerprint density at radius 1 is 1.24 bits per heavy atom. The Kier molecular flexibility index (Phi) is 4.51. The average Bonchev–Trinajstić information content (AvgIpc) is 2.42. The standard InChI is InChI=1S/C14H14ClFN2O2S/c1-9-2-4-11(7-13(9)16)18-21(19,20)14-5-3-10(8-17)6-12(14)15/h2-7,18H,8,17H2,1H3. The molecular formula is C14H14ClFN2O2S. The number of sulfonamides is 1. The Morgan fingerprint density at radius 3 is 2.52 bits per heavy atom. The number of hydrogen-bond acceptors (Lipinski definition) is 3. The molecule has 7 heteroatoms. The minimum Gasteiger partial charge on any atom is -0.326 e. The van der Waals surface area contributed by atoms with Crippen molar-refractivity contribution >= 4 is 27.3 Å². The zero-order chi connectivity index (χ0) is 15.6. The van der Waals surface area contributed by atoms with Gasteiger partial charge in [0.25, 0.3) is 10.0 Å². The molecule has 0 fully saturated rings. The largest absolute Gasteiger partial charge is 0.326 e. The number of nitrogens with two attached hydrogens (primary N) is 1. The fourth-order valence-corrected chi connectivity index (χ4v) is 3.37. The van der Waals surface area contributed by atoms with E-state index in [0.717, 1.165) is 11.6 Å². The van der Waals surface area contributed by atoms with Crippen LogP contribution in [0.5, 0.6) is 0 Å². The molecule has 0 radical (unpaired) electrons. The molecule has 0 saturated heterocycles. The van der Waals surface area contributed by atoms with Crippen molar-refractivity contribution in [1.29, 1.82) is 0 Å². The number of nitrogens with one attached hydrogen (secondary N) is 1. The molecule has 2 rings (SSSR count). The highest BCUT2D eigenvalue weighted by molar-refractivity contribution is 7.92. The summed E-state index contributed by atoms with van der Waals surface area (Å²) in [5.74, 6) is -0.486. The van der Waals surface area contributed by atoms with E-state index in [9.17, 15) is 12.8 Å². The molecular weight excluding hydrogens is 315 g/mol. The van der Waals surface area contributed by atoms with Crippen molar-refractivity contribution in [3.63, 3.8) is 0 Å². The molecule has 0 spiro atoms. The van der Waals surface area contributed by atoms with Crippen molar-refractivity contribution in [2.75, 3.05) is 4.72 Å². The summed E-state index contributed by atoms with van der Waals surface area (Å²) in [4.78, 5) is -0.0812. The van der Waals surface area contributed by atoms with E-state index >= 15 is 0 Å². The van der Waals surface area contributed by atoms with Gasteiger partial charge in [0.2, 0.25) is 0 Å². The summed E-state index contributed by atoms with van der Waals surface area (Å²) in [7, 11) is -3.89. The third kappa shape index (κ3) is 3.53. The lowest BCUT2D eigenvalue weighted by Crippen LogP contribution is -2.14. The van der Waals surface area contributed by atoms with E-state index in [-0.39, 0.29) is 22.2 Å². The van der Waals surface area contributed by atoms with Gasteiger partial charge in [-0.3, -0.25) is 4.72 Å². The van der Waals surface area contributed by atoms with Gasteiger partial charge in [0.05, 0.1) is 10.7 Å². The average molecular weight is 329 g/mol. The Labute approximate surface area is 127 Å². The van der Waals surface area contributed by atoms with Crippen molar-refractivity contribution < 1.29 is 12.8 Å². The van der Waals surface area contributed by atoms with Crippen molar-refractivity contribution in [1.82, 2.24) is 0 Å². The molecule has 0 unspecified atom stereocenters. The van der Waals surface area contributed by atoms with Crippen LogP contribution in [0, 0.1) is 12.7 Å². The molecule has 0 aliphatic heterocycles. The number of anilines is 1. The second-order valence-corrected chi connectivity index (χ2v) is 6.60. The molecule has 0 bridgehead atoms. The summed E-state index contributed by atoms with van der Waals surface area (Å²) in [6.45, 7) is 1.85. The number of halogens is 2. The van der Waals surface area contributed by atoms with Crippen LogP contribution in [-0.4, -0.2) is 8.42 Å². The van der Waals surface area contributed by atoms with Gasteiger partial charge < -0.3 is 5.73 Å². The normalized spacial score (nSPS) is 11.4. The maximum atomic E-state index is 13.5. The number of rotatable bonds is 4. The third-order valence-corrected chi connectivity index (χ3v) is 4.81. The first kappa shape index (κ1) is 15.8. The van der Waals surface area contributed by atoms with Crippen molar-refractivity contribution in [3.8, 4) is 0 Å². The summed E-state index contributed by atoms with van der Waals surface area (Å²) < 4.78 is 40.3. The monoisotopic (exact) mass is 328 g/mol. The van der Waals surface area contributed by atoms with Gasteiger partial charge >= 0.3 is 0 Å². The van der Waals surface area contributed by atoms with E-state index in [1.165, 1.54) is 24.3 Å². The SMILES string of the molecule is Cc1ccc(NS(=O)(=O)c2ccc(CN)cc2Cl)cc1F. The van der Waals surface area contributed by atoms with Crippen LogP contribution in [0.25, 0.3) is 0 Å². The van der Waals surface area contributed by atoms with E-state index in [4.69, 9.17) is 17.3 Å². The summed E-state index contributed by atoms with van der Waals surface area (Å²) in [6, 6.07) is 8.54. The topological polar surface area (TPSA) is 72.2 Å². The second kappa shape index (κ2) is 6.01. The molecule has 0 saturated carbocycles. The highest BCUT2D eigenvalue weighted by Crippen LogP contribution is 2.25. The maximum Gasteiger partial charge on any atom is 0.263 e. The Bertz CT molecular complexity index is 779. The van der Waals surface area contributed by atoms with E-state index in [2.05, 4.69) is 4.72 Å². The predicted molar refractivity (Wildman–Crippen MR) is 81.3 cm³/mol. The summed E-state index contributed by atoms with van der Waals surface area (Å²) >= 11 is 5.97. The summed E-state index contributed by atoms with van der Waals surface area (Å²) in [5.41, 5.74) is 6.76. The lowest BCUT2D eigenvalue weighted by molar-refractivity contribution is 0.601. The van der Waals surface area contributed by atoms with Gasteiger partial charge in [0, 0.05) is 6.54 Å². The Hall–Kier alpha value is -1.63. The first-order valence-electron chi connectivity index (χ1n) is 6.11. The van der Waals surface area contributed by atoms with Crippen molar-refractivity contribution in [2.45, 2.75) is 18.4 Å². The number of hydrogen-bond donors (Lipinski definition) is 2. The number of benzene rings is 2. The molecule has 0 atom stereocenters. The van der Waals surface area contributed by atoms with Crippen LogP contribution in [-0.2, 0) is 16.6 Å². The van der Waals surface area contributed by atoms with Crippen LogP contribution in [0.2, 0.25) is 5.02 Å². The molecule has 0 heterocycles. The zero-order valence-electron chi connectivity index (χ0n) is 11.2. The molecule has 3 N–H and O–H groups in total. The van der Waals surface area contributed by atoms with Gasteiger partial charge in [0.1, 0.15) is 10.7 Å². The molecule has 0 aromatic heterocycles. The predicted octanol–water partition coefficient (Wildman–Crippen LogP) is 3.05. The first-order valence-corrected chi connectivity index (χ1v) is 7.97. The second-order valence-electron chi connectivity index (χ2n) is 4.54. The fraction of sp³-hybridized carbons (Fsp3) is 0.143. The van der Waals surface area contributed by atoms with Crippen LogP contribution in [0.1, 0.15) is 11.1 Å². The van der Waals surface area contributed by atoms with Crippen molar-refractivity contribution in [2.24, 2.45) is 5.73 Å². The molecule has 112 valence electrons. The smallest absolute Gasteiger partial charge is 0.263 e. The lowest BCUT2D eigenvalue weighted by atomic mass is 10.2. The summed E-state index contributed by atoms with van der Waals surface area (Å²) in [6.07, 6.45) is 0. The minimum absolute atomic E-state index is 0.0676. The third-order valence-electron chi connectivity index (χ3n) is 2.95. The molecule has 0 aliphatic rings. The fourth-order valence-electron chi connectivity index (χ4n) is 1.76. The van der Waals surface area contributed by atoms with Crippen LogP contribution >= 0.6 is 11.6 Å². The van der Waals surface area contributed by atoms with Gasteiger partial charge in [-0.05, 0) is 42.3 Å². The Balaban J connectivity index is 2.36. The zero-order valence-corrected chi connectivity index (χ0v) is 12.8. The minimum atomic E-state index is -3.89. The number of aryl methyl sites for hydroxylation is 1.